The van der Waals surface area contributed by atoms with Crippen LogP contribution in [0.1, 0.15) is 32.6 Å². The first-order valence-corrected chi connectivity index (χ1v) is 7.77. The van der Waals surface area contributed by atoms with E-state index in [0.717, 1.165) is 17.3 Å². The Kier molecular flexibility index (Phi) is 5.31. The third-order valence-corrected chi connectivity index (χ3v) is 4.56. The van der Waals surface area contributed by atoms with E-state index in [0.29, 0.717) is 16.1 Å². The van der Waals surface area contributed by atoms with Crippen LogP contribution in [-0.4, -0.2) is 22.6 Å². The van der Waals surface area contributed by atoms with Crippen molar-refractivity contribution >= 4 is 46.2 Å². The minimum Gasteiger partial charge on any atom is -0.346 e. The van der Waals surface area contributed by atoms with Gasteiger partial charge in [0.25, 0.3) is 0 Å². The van der Waals surface area contributed by atoms with Crippen LogP contribution in [0.5, 0.6) is 0 Å². The molecule has 0 amide bonds. The van der Waals surface area contributed by atoms with E-state index in [9.17, 15) is 0 Å². The molecule has 0 aromatic heterocycles. The van der Waals surface area contributed by atoms with Crippen LogP contribution in [0.2, 0.25) is 10.0 Å². The number of thiocarbonyl (C=S) groups is 1. The maximum Gasteiger partial charge on any atom is 0.173 e. The first kappa shape index (κ1) is 14.9. The topological polar surface area (TPSA) is 15.3 Å². The molecule has 1 fully saturated rings. The molecule has 0 radical (unpaired) electrons. The van der Waals surface area contributed by atoms with Crippen LogP contribution in [0.3, 0.4) is 0 Å². The molecule has 1 aliphatic rings. The summed E-state index contributed by atoms with van der Waals surface area (Å²) in [4.78, 5) is 2.27. The smallest absolute Gasteiger partial charge is 0.173 e. The first-order chi connectivity index (χ1) is 9.08. The molecule has 1 aromatic carbocycles. The normalized spacial score (nSPS) is 19.9. The van der Waals surface area contributed by atoms with Gasteiger partial charge in [-0.25, -0.2) is 0 Å². The molecule has 0 bridgehead atoms. The van der Waals surface area contributed by atoms with Crippen LogP contribution in [-0.2, 0) is 0 Å². The van der Waals surface area contributed by atoms with E-state index in [1.54, 1.807) is 12.1 Å². The van der Waals surface area contributed by atoms with Gasteiger partial charge in [0.05, 0.1) is 10.0 Å². The average molecular weight is 317 g/mol. The number of nitrogens with one attached hydrogen (secondary N) is 1. The van der Waals surface area contributed by atoms with E-state index in [1.807, 2.05) is 6.07 Å². The highest BCUT2D eigenvalue weighted by Crippen LogP contribution is 2.25. The number of rotatable bonds is 1. The maximum absolute atomic E-state index is 6.01. The molecule has 1 unspecified atom stereocenters. The van der Waals surface area contributed by atoms with Crippen LogP contribution in [0.15, 0.2) is 18.2 Å². The fraction of sp³-hybridized carbons (Fsp3) is 0.500. The van der Waals surface area contributed by atoms with Gasteiger partial charge in [-0.05, 0) is 50.2 Å². The number of hydrogen-bond donors (Lipinski definition) is 1. The molecule has 0 saturated carbocycles. The molecular formula is C14H18Cl2N2S. The van der Waals surface area contributed by atoms with Gasteiger partial charge >= 0.3 is 0 Å². The number of hydrogen-bond acceptors (Lipinski definition) is 1. The highest BCUT2D eigenvalue weighted by atomic mass is 35.5. The molecule has 1 heterocycles. The molecule has 0 aliphatic carbocycles. The van der Waals surface area contributed by atoms with Gasteiger partial charge in [-0.3, -0.25) is 0 Å². The second kappa shape index (κ2) is 6.78. The molecule has 104 valence electrons. The van der Waals surface area contributed by atoms with Gasteiger partial charge in [0.2, 0.25) is 0 Å². The van der Waals surface area contributed by atoms with E-state index >= 15 is 0 Å². The fourth-order valence-corrected chi connectivity index (χ4v) is 3.03. The highest BCUT2D eigenvalue weighted by Gasteiger charge is 2.19. The van der Waals surface area contributed by atoms with Crippen LogP contribution >= 0.6 is 35.4 Å². The molecule has 19 heavy (non-hydrogen) atoms. The second-order valence-electron chi connectivity index (χ2n) is 4.95. The molecule has 1 aromatic rings. The summed E-state index contributed by atoms with van der Waals surface area (Å²) in [6, 6.07) is 5.97. The summed E-state index contributed by atoms with van der Waals surface area (Å²) < 4.78 is 0. The summed E-state index contributed by atoms with van der Waals surface area (Å²) in [7, 11) is 0. The summed E-state index contributed by atoms with van der Waals surface area (Å²) in [5.41, 5.74) is 0.885. The van der Waals surface area contributed by atoms with E-state index in [1.165, 1.54) is 25.7 Å². The van der Waals surface area contributed by atoms with Gasteiger partial charge < -0.3 is 10.2 Å². The van der Waals surface area contributed by atoms with Crippen molar-refractivity contribution in [3.8, 4) is 0 Å². The van der Waals surface area contributed by atoms with E-state index in [-0.39, 0.29) is 0 Å². The van der Waals surface area contributed by atoms with Crippen molar-refractivity contribution in [3.63, 3.8) is 0 Å². The Hall–Kier alpha value is -0.510. The predicted molar refractivity (Wildman–Crippen MR) is 87.3 cm³/mol. The van der Waals surface area contributed by atoms with Crippen molar-refractivity contribution in [2.24, 2.45) is 0 Å². The quantitative estimate of drug-likeness (QED) is 0.737. The summed E-state index contributed by atoms with van der Waals surface area (Å²) in [6.07, 6.45) is 4.97. The lowest BCUT2D eigenvalue weighted by Crippen LogP contribution is -2.40. The lowest BCUT2D eigenvalue weighted by molar-refractivity contribution is 0.341. The Balaban J connectivity index is 2.04. The van der Waals surface area contributed by atoms with Gasteiger partial charge in [-0.2, -0.15) is 0 Å². The van der Waals surface area contributed by atoms with Gasteiger partial charge in [0, 0.05) is 18.3 Å². The van der Waals surface area contributed by atoms with Crippen LogP contribution in [0, 0.1) is 0 Å². The predicted octanol–water partition coefficient (Wildman–Crippen LogP) is 4.95. The van der Waals surface area contributed by atoms with E-state index in [2.05, 4.69) is 17.1 Å². The van der Waals surface area contributed by atoms with Crippen molar-refractivity contribution < 1.29 is 0 Å². The van der Waals surface area contributed by atoms with Crippen LogP contribution in [0.25, 0.3) is 0 Å². The van der Waals surface area contributed by atoms with Gasteiger partial charge in [0.15, 0.2) is 5.11 Å². The summed E-state index contributed by atoms with van der Waals surface area (Å²) in [6.45, 7) is 3.25. The minimum atomic E-state index is 0.491. The average Bonchev–Trinajstić information content (AvgIpc) is 2.58. The molecule has 5 heteroatoms. The SMILES string of the molecule is CC1CCCCCN1C(=S)Nc1ccc(Cl)c(Cl)c1. The second-order valence-corrected chi connectivity index (χ2v) is 6.15. The van der Waals surface area contributed by atoms with Crippen molar-refractivity contribution in [1.29, 1.82) is 0 Å². The van der Waals surface area contributed by atoms with Crippen molar-refractivity contribution in [1.82, 2.24) is 4.90 Å². The zero-order chi connectivity index (χ0) is 13.8. The molecule has 2 nitrogen and oxygen atoms in total. The van der Waals surface area contributed by atoms with Crippen molar-refractivity contribution in [2.45, 2.75) is 38.6 Å². The summed E-state index contributed by atoms with van der Waals surface area (Å²) >= 11 is 17.4. The zero-order valence-corrected chi connectivity index (χ0v) is 13.3. The molecule has 1 atom stereocenters. The highest BCUT2D eigenvalue weighted by molar-refractivity contribution is 7.80. The molecule has 0 spiro atoms. The molecule has 1 aliphatic heterocycles. The Morgan fingerprint density at radius 1 is 1.26 bits per heavy atom. The van der Waals surface area contributed by atoms with Gasteiger partial charge in [-0.15, -0.1) is 0 Å². The van der Waals surface area contributed by atoms with E-state index in [4.69, 9.17) is 35.4 Å². The maximum atomic E-state index is 6.01. The molecular weight excluding hydrogens is 299 g/mol. The third kappa shape index (κ3) is 3.98. The third-order valence-electron chi connectivity index (χ3n) is 3.48. The monoisotopic (exact) mass is 316 g/mol. The van der Waals surface area contributed by atoms with Gasteiger partial charge in [0.1, 0.15) is 0 Å². The zero-order valence-electron chi connectivity index (χ0n) is 11.0. The fourth-order valence-electron chi connectivity index (χ4n) is 2.35. The van der Waals surface area contributed by atoms with E-state index < -0.39 is 0 Å². The molecule has 1 N–H and O–H groups in total. The number of halogens is 2. The van der Waals surface area contributed by atoms with Gasteiger partial charge in [-0.1, -0.05) is 36.0 Å². The summed E-state index contributed by atoms with van der Waals surface area (Å²) in [5, 5.41) is 5.12. The summed E-state index contributed by atoms with van der Waals surface area (Å²) in [5.74, 6) is 0. The lowest BCUT2D eigenvalue weighted by Gasteiger charge is -2.30. The molecule has 2 rings (SSSR count). The first-order valence-electron chi connectivity index (χ1n) is 6.60. The lowest BCUT2D eigenvalue weighted by atomic mass is 10.1. The van der Waals surface area contributed by atoms with Crippen molar-refractivity contribution in [3.05, 3.63) is 28.2 Å². The standard InChI is InChI=1S/C14H18Cl2N2S/c1-10-5-3-2-4-8-18(10)14(19)17-11-6-7-12(15)13(16)9-11/h6-7,9-10H,2-5,8H2,1H3,(H,17,19). The number of anilines is 1. The minimum absolute atomic E-state index is 0.491. The Bertz CT molecular complexity index is 465. The molecule has 1 saturated heterocycles. The van der Waals surface area contributed by atoms with Crippen molar-refractivity contribution in [2.75, 3.05) is 11.9 Å². The number of likely N-dealkylation sites (tertiary alicyclic amines) is 1. The Labute approximate surface area is 130 Å². The Morgan fingerprint density at radius 2 is 2.05 bits per heavy atom. The number of benzene rings is 1. The Morgan fingerprint density at radius 3 is 2.79 bits per heavy atom. The number of nitrogens with zero attached hydrogens (tertiary/aromatic N) is 1. The van der Waals surface area contributed by atoms with Crippen LogP contribution in [0.4, 0.5) is 5.69 Å². The van der Waals surface area contributed by atoms with Crippen LogP contribution < -0.4 is 5.32 Å². The largest absolute Gasteiger partial charge is 0.346 e.